The molecule has 0 aliphatic heterocycles. The summed E-state index contributed by atoms with van der Waals surface area (Å²) in [6, 6.07) is 0. The van der Waals surface area contributed by atoms with E-state index < -0.39 is 177 Å². The van der Waals surface area contributed by atoms with Crippen molar-refractivity contribution in [1.82, 2.24) is 0 Å². The molecule has 0 saturated heterocycles. The maximum absolute atomic E-state index is 14.1. The zero-order valence-electron chi connectivity index (χ0n) is 40.5. The summed E-state index contributed by atoms with van der Waals surface area (Å²) in [6.45, 7) is -0.604. The van der Waals surface area contributed by atoms with Crippen LogP contribution in [-0.2, 0) is 28.6 Å². The highest BCUT2D eigenvalue weighted by atomic mass is 19.4. The molecule has 0 fully saturated rings. The average Bonchev–Trinajstić information content (AvgIpc) is 3.30. The SMILES string of the molecule is CC(COC(=O)CCCCCCCCCC(F)(F)C(F)(F)C(F)(F)C(F)(F)C(F)(F)C(F)(F)C(F)(F)C(F)(F)F)(COC(=O)CCCCCCCCCC(F)(F)C(F)(F)C(F)(F)C(F)(F)C(F)(F)C(F)(F)C(F)(F)C(F)(F)F)OC=O. The van der Waals surface area contributed by atoms with Crippen LogP contribution in [0.2, 0.25) is 0 Å². The van der Waals surface area contributed by atoms with Crippen molar-refractivity contribution in [3.8, 4) is 0 Å². The van der Waals surface area contributed by atoms with Crippen LogP contribution in [0.15, 0.2) is 0 Å². The van der Waals surface area contributed by atoms with Crippen LogP contribution in [0.3, 0.4) is 0 Å². The van der Waals surface area contributed by atoms with Crippen LogP contribution in [-0.4, -0.2) is 132 Å². The second-order valence-corrected chi connectivity index (χ2v) is 18.2. The largest absolute Gasteiger partial charge is 0.461 e. The minimum atomic E-state index is -8.74. The van der Waals surface area contributed by atoms with Gasteiger partial charge < -0.3 is 14.2 Å². The number of esters is 2. The highest BCUT2D eigenvalue weighted by Gasteiger charge is 2.97. The van der Waals surface area contributed by atoms with Gasteiger partial charge in [-0.3, -0.25) is 14.4 Å². The van der Waals surface area contributed by atoms with Crippen molar-refractivity contribution in [2.45, 2.75) is 223 Å². The maximum atomic E-state index is 14.1. The number of carbonyl (C=O) groups excluding carboxylic acids is 3. The number of alkyl halides is 34. The fraction of sp³-hybridized carbons (Fsp3) is 0.927. The first-order valence-electron chi connectivity index (χ1n) is 22.6. The van der Waals surface area contributed by atoms with Crippen molar-refractivity contribution in [1.29, 1.82) is 0 Å². The maximum Gasteiger partial charge on any atom is 0.460 e. The third kappa shape index (κ3) is 15.5. The van der Waals surface area contributed by atoms with Crippen molar-refractivity contribution in [2.75, 3.05) is 13.2 Å². The van der Waals surface area contributed by atoms with Crippen molar-refractivity contribution >= 4 is 18.4 Å². The lowest BCUT2D eigenvalue weighted by Crippen LogP contribution is -2.74. The Morgan fingerprint density at radius 2 is 0.494 bits per heavy atom. The van der Waals surface area contributed by atoms with Crippen molar-refractivity contribution in [2.24, 2.45) is 0 Å². The Labute approximate surface area is 433 Å². The zero-order chi connectivity index (χ0) is 64.6. The molecule has 0 aliphatic rings. The van der Waals surface area contributed by atoms with Gasteiger partial charge in [0.15, 0.2) is 5.60 Å². The lowest BCUT2D eigenvalue weighted by atomic mass is 9.87. The molecular weight excluding hydrogens is 1230 g/mol. The van der Waals surface area contributed by atoms with Gasteiger partial charge in [-0.15, -0.1) is 0 Å². The summed E-state index contributed by atoms with van der Waals surface area (Å²) in [5.74, 6) is -116. The molecule has 0 aliphatic carbocycles. The minimum Gasteiger partial charge on any atom is -0.461 e. The van der Waals surface area contributed by atoms with Crippen molar-refractivity contribution in [3.05, 3.63) is 0 Å². The first-order valence-corrected chi connectivity index (χ1v) is 22.6. The summed E-state index contributed by atoms with van der Waals surface area (Å²) in [4.78, 5) is 35.4. The van der Waals surface area contributed by atoms with Gasteiger partial charge in [-0.1, -0.05) is 64.2 Å². The number of unbranched alkanes of at least 4 members (excludes halogenated alkanes) is 12. The van der Waals surface area contributed by atoms with E-state index in [4.69, 9.17) is 14.2 Å². The Bertz CT molecular complexity index is 1880. The molecule has 0 bridgehead atoms. The van der Waals surface area contributed by atoms with Crippen molar-refractivity contribution in [3.63, 3.8) is 0 Å². The monoisotopic (exact) mass is 1280 g/mol. The van der Waals surface area contributed by atoms with Crippen LogP contribution >= 0.6 is 0 Å². The molecule has 0 N–H and O–H groups in total. The molecule has 0 unspecified atom stereocenters. The van der Waals surface area contributed by atoms with E-state index >= 15 is 0 Å². The second-order valence-electron chi connectivity index (χ2n) is 18.2. The Morgan fingerprint density at radius 1 is 0.296 bits per heavy atom. The summed E-state index contributed by atoms with van der Waals surface area (Å²) >= 11 is 0. The van der Waals surface area contributed by atoms with E-state index in [2.05, 4.69) is 0 Å². The molecule has 0 atom stereocenters. The number of carbonyl (C=O) groups is 3. The fourth-order valence-corrected chi connectivity index (χ4v) is 6.54. The summed E-state index contributed by atoms with van der Waals surface area (Å²) in [5, 5.41) is 0. The molecular formula is C41H44F34O6. The quantitative estimate of drug-likeness (QED) is 0.0201. The molecule has 0 amide bonds. The first-order chi connectivity index (χ1) is 35.8. The summed E-state index contributed by atoms with van der Waals surface area (Å²) < 4.78 is 471. The molecule has 0 heterocycles. The van der Waals surface area contributed by atoms with Gasteiger partial charge in [0.2, 0.25) is 0 Å². The summed E-state index contributed by atoms with van der Waals surface area (Å²) in [7, 11) is 0. The summed E-state index contributed by atoms with van der Waals surface area (Å²) in [5.41, 5.74) is -1.84. The van der Waals surface area contributed by atoms with Crippen LogP contribution < -0.4 is 0 Å². The molecule has 0 radical (unpaired) electrons. The fourth-order valence-electron chi connectivity index (χ4n) is 6.54. The van der Waals surface area contributed by atoms with E-state index in [1.807, 2.05) is 0 Å². The lowest BCUT2D eigenvalue weighted by molar-refractivity contribution is -0.461. The third-order valence-corrected chi connectivity index (χ3v) is 11.7. The number of hydrogen-bond donors (Lipinski definition) is 0. The number of halogens is 34. The third-order valence-electron chi connectivity index (χ3n) is 11.7. The smallest absolute Gasteiger partial charge is 0.460 e. The van der Waals surface area contributed by atoms with Crippen LogP contribution in [0.4, 0.5) is 149 Å². The van der Waals surface area contributed by atoms with Gasteiger partial charge in [-0.05, 0) is 32.6 Å². The molecule has 0 aromatic heterocycles. The van der Waals surface area contributed by atoms with Gasteiger partial charge in [0, 0.05) is 25.7 Å². The normalized spacial score (nSPS) is 15.2. The van der Waals surface area contributed by atoms with Crippen LogP contribution in [0.1, 0.15) is 122 Å². The Balaban J connectivity index is 4.90. The number of rotatable bonds is 38. The van der Waals surface area contributed by atoms with Gasteiger partial charge in [0.25, 0.3) is 6.47 Å². The molecule has 40 heteroatoms. The summed E-state index contributed by atoms with van der Waals surface area (Å²) in [6.07, 6.45) is -25.9. The van der Waals surface area contributed by atoms with E-state index in [0.717, 1.165) is 6.92 Å². The number of ether oxygens (including phenoxy) is 3. The zero-order valence-corrected chi connectivity index (χ0v) is 40.5. The highest BCUT2D eigenvalue weighted by Crippen LogP contribution is 2.66. The van der Waals surface area contributed by atoms with Gasteiger partial charge in [0.05, 0.1) is 0 Å². The first kappa shape index (κ1) is 77.0. The van der Waals surface area contributed by atoms with Gasteiger partial charge in [-0.25, -0.2) is 0 Å². The van der Waals surface area contributed by atoms with Crippen LogP contribution in [0.5, 0.6) is 0 Å². The molecule has 0 spiro atoms. The van der Waals surface area contributed by atoms with E-state index in [9.17, 15) is 164 Å². The Hall–Kier alpha value is -3.97. The second kappa shape index (κ2) is 26.1. The molecule has 0 aromatic carbocycles. The van der Waals surface area contributed by atoms with E-state index in [-0.39, 0.29) is 70.7 Å². The Kier molecular flexibility index (Phi) is 24.8. The van der Waals surface area contributed by atoms with E-state index in [1.165, 1.54) is 0 Å². The van der Waals surface area contributed by atoms with Gasteiger partial charge in [-0.2, -0.15) is 149 Å². The Morgan fingerprint density at radius 3 is 0.716 bits per heavy atom. The van der Waals surface area contributed by atoms with Crippen LogP contribution in [0, 0.1) is 0 Å². The highest BCUT2D eigenvalue weighted by molar-refractivity contribution is 5.70. The molecule has 482 valence electrons. The van der Waals surface area contributed by atoms with E-state index in [1.54, 1.807) is 0 Å². The van der Waals surface area contributed by atoms with Crippen LogP contribution in [0.25, 0.3) is 0 Å². The molecule has 6 nitrogen and oxygen atoms in total. The molecule has 0 rings (SSSR count). The average molecular weight is 1280 g/mol. The molecule has 0 aromatic rings. The van der Waals surface area contributed by atoms with Gasteiger partial charge in [0.1, 0.15) is 13.2 Å². The standard InChI is InChI=1S/C41H44F34O6/c1-25(81-22-76,20-79-23(77)16-12-8-4-2-6-10-14-18-26(42,43)28(46,47)30(50,51)32(54,55)34(58,59)36(62,63)38(66,67)40(70,71)72)21-80-24(78)17-13-9-5-3-7-11-15-19-27(44,45)29(48,49)31(52,53)33(56,57)35(60,61)37(64,65)39(68,69)41(73,74)75/h22H,2-21H2,1H3. The van der Waals surface area contributed by atoms with Gasteiger partial charge >= 0.3 is 107 Å². The minimum absolute atomic E-state index is 0.0268. The van der Waals surface area contributed by atoms with Crippen molar-refractivity contribution < 1.29 is 178 Å². The topological polar surface area (TPSA) is 78.9 Å². The van der Waals surface area contributed by atoms with E-state index in [0.29, 0.717) is 0 Å². The lowest BCUT2D eigenvalue weighted by Gasteiger charge is -2.42. The molecule has 81 heavy (non-hydrogen) atoms. The molecule has 0 saturated carbocycles. The predicted molar refractivity (Wildman–Crippen MR) is 202 cm³/mol. The predicted octanol–water partition coefficient (Wildman–Crippen LogP) is 17.0. The number of hydrogen-bond acceptors (Lipinski definition) is 6.